The Bertz CT molecular complexity index is 542. The van der Waals surface area contributed by atoms with Crippen LogP contribution in [0.25, 0.3) is 0 Å². The monoisotopic (exact) mass is 276 g/mol. The van der Waals surface area contributed by atoms with E-state index in [2.05, 4.69) is 0 Å². The van der Waals surface area contributed by atoms with E-state index in [0.717, 1.165) is 22.3 Å². The zero-order valence-electron chi connectivity index (χ0n) is 11.0. The number of aromatic hydroxyl groups is 2. The molecule has 0 aromatic heterocycles. The van der Waals surface area contributed by atoms with E-state index < -0.39 is 0 Å². The van der Waals surface area contributed by atoms with Gasteiger partial charge in [-0.2, -0.15) is 0 Å². The lowest BCUT2D eigenvalue weighted by Gasteiger charge is -2.17. The Kier molecular flexibility index (Phi) is 4.01. The van der Waals surface area contributed by atoms with Crippen LogP contribution in [0.3, 0.4) is 0 Å². The highest BCUT2D eigenvalue weighted by Gasteiger charge is 2.15. The van der Waals surface area contributed by atoms with E-state index in [1.165, 1.54) is 0 Å². The zero-order valence-corrected chi connectivity index (χ0v) is 11.8. The van der Waals surface area contributed by atoms with E-state index in [-0.39, 0.29) is 5.92 Å². The Balaban J connectivity index is 2.43. The maximum absolute atomic E-state index is 9.58. The number of phenols is 2. The molecule has 0 fully saturated rings. The van der Waals surface area contributed by atoms with Crippen LogP contribution < -0.4 is 0 Å². The lowest BCUT2D eigenvalue weighted by atomic mass is 9.91. The highest BCUT2D eigenvalue weighted by Crippen LogP contribution is 2.31. The Morgan fingerprint density at radius 2 is 1.32 bits per heavy atom. The summed E-state index contributed by atoms with van der Waals surface area (Å²) in [6, 6.07) is 11.1. The molecule has 0 aliphatic heterocycles. The van der Waals surface area contributed by atoms with Gasteiger partial charge in [0.15, 0.2) is 0 Å². The third-order valence-electron chi connectivity index (χ3n) is 3.40. The lowest BCUT2D eigenvalue weighted by molar-refractivity contribution is 0.470. The molecule has 2 aromatic carbocycles. The second-order valence-corrected chi connectivity index (χ2v) is 5.11. The molecular formula is C16H17ClO2. The second kappa shape index (κ2) is 5.54. The van der Waals surface area contributed by atoms with Gasteiger partial charge in [-0.1, -0.05) is 24.3 Å². The smallest absolute Gasteiger partial charge is 0.118 e. The van der Waals surface area contributed by atoms with Crippen molar-refractivity contribution in [3.63, 3.8) is 0 Å². The molecule has 0 amide bonds. The summed E-state index contributed by atoms with van der Waals surface area (Å²) in [4.78, 5) is 0. The normalized spacial score (nSPS) is 10.9. The van der Waals surface area contributed by atoms with Crippen molar-refractivity contribution in [1.29, 1.82) is 0 Å². The van der Waals surface area contributed by atoms with Gasteiger partial charge in [0.1, 0.15) is 11.5 Å². The van der Waals surface area contributed by atoms with Crippen molar-refractivity contribution >= 4 is 11.6 Å². The predicted octanol–water partition coefficient (Wildman–Crippen LogP) is 4.09. The fourth-order valence-electron chi connectivity index (χ4n) is 2.16. The summed E-state index contributed by atoms with van der Waals surface area (Å²) in [7, 11) is 0. The predicted molar refractivity (Wildman–Crippen MR) is 78.3 cm³/mol. The van der Waals surface area contributed by atoms with Crippen molar-refractivity contribution in [2.24, 2.45) is 0 Å². The Labute approximate surface area is 118 Å². The van der Waals surface area contributed by atoms with Crippen LogP contribution >= 0.6 is 11.6 Å². The molecular weight excluding hydrogens is 260 g/mol. The van der Waals surface area contributed by atoms with Crippen molar-refractivity contribution in [2.75, 3.05) is 5.88 Å². The molecule has 2 N–H and O–H groups in total. The summed E-state index contributed by atoms with van der Waals surface area (Å²) in [6.45, 7) is 3.73. The van der Waals surface area contributed by atoms with Gasteiger partial charge >= 0.3 is 0 Å². The van der Waals surface area contributed by atoms with Crippen molar-refractivity contribution in [2.45, 2.75) is 19.8 Å². The largest absolute Gasteiger partial charge is 0.508 e. The molecule has 0 bridgehead atoms. The van der Waals surface area contributed by atoms with Gasteiger partial charge in [-0.3, -0.25) is 0 Å². The molecule has 0 aliphatic rings. The van der Waals surface area contributed by atoms with Crippen molar-refractivity contribution in [3.8, 4) is 11.5 Å². The molecule has 0 aliphatic carbocycles. The first-order valence-electron chi connectivity index (χ1n) is 6.18. The highest BCUT2D eigenvalue weighted by molar-refractivity contribution is 6.18. The summed E-state index contributed by atoms with van der Waals surface area (Å²) < 4.78 is 0. The summed E-state index contributed by atoms with van der Waals surface area (Å²) >= 11 is 6.10. The summed E-state index contributed by atoms with van der Waals surface area (Å²) in [6.07, 6.45) is 0. The Morgan fingerprint density at radius 1 is 0.895 bits per heavy atom. The molecule has 2 rings (SSSR count). The van der Waals surface area contributed by atoms with E-state index >= 15 is 0 Å². The quantitative estimate of drug-likeness (QED) is 0.829. The molecule has 19 heavy (non-hydrogen) atoms. The van der Waals surface area contributed by atoms with Gasteiger partial charge in [0, 0.05) is 11.8 Å². The minimum absolute atomic E-state index is 0.0558. The first-order chi connectivity index (χ1) is 9.02. The van der Waals surface area contributed by atoms with Crippen molar-refractivity contribution in [3.05, 3.63) is 58.7 Å². The minimum atomic E-state index is 0.0558. The molecule has 0 saturated heterocycles. The van der Waals surface area contributed by atoms with Gasteiger partial charge in [0.2, 0.25) is 0 Å². The van der Waals surface area contributed by atoms with Crippen LogP contribution in [-0.4, -0.2) is 16.1 Å². The maximum atomic E-state index is 9.58. The van der Waals surface area contributed by atoms with Gasteiger partial charge in [0.05, 0.1) is 0 Å². The number of hydrogen-bond acceptors (Lipinski definition) is 2. The lowest BCUT2D eigenvalue weighted by Crippen LogP contribution is -2.03. The molecule has 0 heterocycles. The van der Waals surface area contributed by atoms with Crippen molar-refractivity contribution < 1.29 is 10.2 Å². The average molecular weight is 277 g/mol. The topological polar surface area (TPSA) is 40.5 Å². The van der Waals surface area contributed by atoms with Gasteiger partial charge in [-0.25, -0.2) is 0 Å². The molecule has 2 nitrogen and oxygen atoms in total. The number of benzene rings is 2. The van der Waals surface area contributed by atoms with Gasteiger partial charge in [0.25, 0.3) is 0 Å². The van der Waals surface area contributed by atoms with E-state index in [1.54, 1.807) is 12.1 Å². The summed E-state index contributed by atoms with van der Waals surface area (Å²) in [5.74, 6) is 1.09. The SMILES string of the molecule is Cc1cc(C(CCl)c2ccc(O)c(C)c2)ccc1O. The van der Waals surface area contributed by atoms with Crippen molar-refractivity contribution in [1.82, 2.24) is 0 Å². The van der Waals surface area contributed by atoms with Crippen LogP contribution in [0.4, 0.5) is 0 Å². The maximum Gasteiger partial charge on any atom is 0.118 e. The molecule has 0 radical (unpaired) electrons. The van der Waals surface area contributed by atoms with E-state index in [1.807, 2.05) is 38.1 Å². The Hall–Kier alpha value is -1.67. The molecule has 100 valence electrons. The standard InChI is InChI=1S/C16H17ClO2/c1-10-7-12(3-5-15(10)18)14(9-17)13-4-6-16(19)11(2)8-13/h3-8,14,18-19H,9H2,1-2H3. The van der Waals surface area contributed by atoms with Crippen LogP contribution in [0.15, 0.2) is 36.4 Å². The first kappa shape index (κ1) is 13.8. The molecule has 3 heteroatoms. The Morgan fingerprint density at radius 3 is 1.63 bits per heavy atom. The zero-order chi connectivity index (χ0) is 14.0. The van der Waals surface area contributed by atoms with E-state index in [0.29, 0.717) is 17.4 Å². The third-order valence-corrected chi connectivity index (χ3v) is 3.71. The summed E-state index contributed by atoms with van der Waals surface area (Å²) in [5, 5.41) is 19.2. The van der Waals surface area contributed by atoms with E-state index in [9.17, 15) is 10.2 Å². The van der Waals surface area contributed by atoms with Crippen LogP contribution in [0.1, 0.15) is 28.2 Å². The molecule has 0 spiro atoms. The van der Waals surface area contributed by atoms with Crippen LogP contribution in [0.5, 0.6) is 11.5 Å². The van der Waals surface area contributed by atoms with E-state index in [4.69, 9.17) is 11.6 Å². The number of alkyl halides is 1. The number of rotatable bonds is 3. The number of hydrogen-bond donors (Lipinski definition) is 2. The minimum Gasteiger partial charge on any atom is -0.508 e. The van der Waals surface area contributed by atoms with Gasteiger partial charge in [-0.15, -0.1) is 11.6 Å². The number of aryl methyl sites for hydroxylation is 2. The molecule has 2 aromatic rings. The third kappa shape index (κ3) is 2.85. The van der Waals surface area contributed by atoms with Gasteiger partial charge in [-0.05, 0) is 48.2 Å². The molecule has 0 unspecified atom stereocenters. The first-order valence-corrected chi connectivity index (χ1v) is 6.71. The molecule has 0 saturated carbocycles. The van der Waals surface area contributed by atoms with Gasteiger partial charge < -0.3 is 10.2 Å². The van der Waals surface area contributed by atoms with Crippen LogP contribution in [0.2, 0.25) is 0 Å². The second-order valence-electron chi connectivity index (χ2n) is 4.80. The highest BCUT2D eigenvalue weighted by atomic mass is 35.5. The fourth-order valence-corrected chi connectivity index (χ4v) is 2.52. The number of phenolic OH excluding ortho intramolecular Hbond substituents is 2. The average Bonchev–Trinajstić information content (AvgIpc) is 2.39. The fraction of sp³-hybridized carbons (Fsp3) is 0.250. The van der Waals surface area contributed by atoms with Crippen LogP contribution in [0, 0.1) is 13.8 Å². The molecule has 0 atom stereocenters. The van der Waals surface area contributed by atoms with Crippen LogP contribution in [-0.2, 0) is 0 Å². The number of halogens is 1. The summed E-state index contributed by atoms with van der Waals surface area (Å²) in [5.41, 5.74) is 3.80.